The summed E-state index contributed by atoms with van der Waals surface area (Å²) in [6.07, 6.45) is 2.38. The molecule has 1 aromatic heterocycles. The van der Waals surface area contributed by atoms with Gasteiger partial charge >= 0.3 is 0 Å². The van der Waals surface area contributed by atoms with Crippen LogP contribution >= 0.6 is 0 Å². The van der Waals surface area contributed by atoms with Crippen molar-refractivity contribution in [3.8, 4) is 0 Å². The second-order valence-corrected chi connectivity index (χ2v) is 5.34. The molecule has 0 bridgehead atoms. The van der Waals surface area contributed by atoms with Gasteiger partial charge in [0, 0.05) is 18.5 Å². The fraction of sp³-hybridized carbons (Fsp3) is 0.692. The first-order valence-electron chi connectivity index (χ1n) is 6.54. The molecule has 2 fully saturated rings. The van der Waals surface area contributed by atoms with Crippen LogP contribution in [0.15, 0.2) is 10.6 Å². The highest BCUT2D eigenvalue weighted by molar-refractivity contribution is 5.92. The Balaban J connectivity index is 1.75. The van der Waals surface area contributed by atoms with Crippen molar-refractivity contribution in [3.63, 3.8) is 0 Å². The quantitative estimate of drug-likeness (QED) is 0.803. The molecule has 2 heterocycles. The number of aromatic nitrogens is 1. The maximum atomic E-state index is 12.4. The van der Waals surface area contributed by atoms with Crippen LogP contribution in [0, 0.1) is 0 Å². The van der Waals surface area contributed by atoms with Crippen molar-refractivity contribution in [3.05, 3.63) is 17.5 Å². The van der Waals surface area contributed by atoms with Gasteiger partial charge in [0.2, 0.25) is 0 Å². The maximum absolute atomic E-state index is 12.4. The topological polar surface area (TPSA) is 55.6 Å². The van der Waals surface area contributed by atoms with Crippen LogP contribution in [0.1, 0.15) is 48.9 Å². The zero-order chi connectivity index (χ0) is 12.7. The predicted molar refractivity (Wildman–Crippen MR) is 64.4 cm³/mol. The fourth-order valence-electron chi connectivity index (χ4n) is 2.28. The van der Waals surface area contributed by atoms with Gasteiger partial charge in [0.1, 0.15) is 5.76 Å². The van der Waals surface area contributed by atoms with Crippen LogP contribution in [0.5, 0.6) is 0 Å². The van der Waals surface area contributed by atoms with Crippen molar-refractivity contribution in [2.24, 2.45) is 0 Å². The predicted octanol–water partition coefficient (Wildman–Crippen LogP) is 1.80. The molecule has 0 N–H and O–H groups in total. The van der Waals surface area contributed by atoms with Crippen LogP contribution in [-0.2, 0) is 4.74 Å². The molecule has 0 radical (unpaired) electrons. The van der Waals surface area contributed by atoms with Crippen LogP contribution in [0.4, 0.5) is 0 Å². The monoisotopic (exact) mass is 250 g/mol. The first kappa shape index (κ1) is 11.7. The van der Waals surface area contributed by atoms with Crippen molar-refractivity contribution < 1.29 is 14.1 Å². The number of hydrogen-bond acceptors (Lipinski definition) is 4. The Bertz CT molecular complexity index is 453. The minimum Gasteiger partial charge on any atom is -0.375 e. The summed E-state index contributed by atoms with van der Waals surface area (Å²) in [4.78, 5) is 14.2. The Hall–Kier alpha value is -1.36. The van der Waals surface area contributed by atoms with Gasteiger partial charge in [-0.15, -0.1) is 0 Å². The zero-order valence-electron chi connectivity index (χ0n) is 10.8. The largest absolute Gasteiger partial charge is 0.375 e. The van der Waals surface area contributed by atoms with E-state index in [2.05, 4.69) is 5.16 Å². The molecule has 1 aliphatic heterocycles. The van der Waals surface area contributed by atoms with E-state index in [1.54, 1.807) is 6.07 Å². The summed E-state index contributed by atoms with van der Waals surface area (Å²) in [5, 5.41) is 3.91. The van der Waals surface area contributed by atoms with E-state index in [-0.39, 0.29) is 18.1 Å². The Morgan fingerprint density at radius 1 is 1.44 bits per heavy atom. The molecule has 2 atom stereocenters. The molecule has 2 unspecified atom stereocenters. The van der Waals surface area contributed by atoms with Crippen LogP contribution in [-0.4, -0.2) is 41.3 Å². The van der Waals surface area contributed by atoms with Crippen molar-refractivity contribution in [2.75, 3.05) is 13.2 Å². The molecule has 5 nitrogen and oxygen atoms in total. The highest BCUT2D eigenvalue weighted by Crippen LogP contribution is 2.40. The molecule has 3 rings (SSSR count). The lowest BCUT2D eigenvalue weighted by Gasteiger charge is -2.36. The summed E-state index contributed by atoms with van der Waals surface area (Å²) >= 11 is 0. The van der Waals surface area contributed by atoms with E-state index < -0.39 is 0 Å². The number of ether oxygens (including phenoxy) is 1. The fourth-order valence-corrected chi connectivity index (χ4v) is 2.28. The first-order chi connectivity index (χ1) is 8.65. The Morgan fingerprint density at radius 3 is 2.94 bits per heavy atom. The Labute approximate surface area is 106 Å². The molecular formula is C13H18N2O3. The Morgan fingerprint density at radius 2 is 2.22 bits per heavy atom. The van der Waals surface area contributed by atoms with Gasteiger partial charge < -0.3 is 14.2 Å². The van der Waals surface area contributed by atoms with Gasteiger partial charge in [-0.2, -0.15) is 0 Å². The minimum absolute atomic E-state index is 0.0479. The number of nitrogens with zero attached hydrogens (tertiary/aromatic N) is 2. The van der Waals surface area contributed by atoms with E-state index in [9.17, 15) is 4.79 Å². The molecule has 1 aliphatic carbocycles. The molecule has 1 amide bonds. The van der Waals surface area contributed by atoms with Gasteiger partial charge in [-0.3, -0.25) is 4.79 Å². The third-order valence-electron chi connectivity index (χ3n) is 3.60. The van der Waals surface area contributed by atoms with Crippen LogP contribution in [0.3, 0.4) is 0 Å². The molecule has 5 heteroatoms. The maximum Gasteiger partial charge on any atom is 0.276 e. The molecular weight excluding hydrogens is 232 g/mol. The molecule has 0 spiro atoms. The normalized spacial score (nSPS) is 28.4. The lowest BCUT2D eigenvalue weighted by Crippen LogP contribution is -2.50. The van der Waals surface area contributed by atoms with Crippen molar-refractivity contribution in [1.82, 2.24) is 10.1 Å². The standard InChI is InChI=1S/C13H18N2O3/c1-8-7-17-9(2)6-15(8)13(16)11-5-12(18-14-11)10-3-4-10/h5,8-10H,3-4,6-7H2,1-2H3. The number of carbonyl (C=O) groups excluding carboxylic acids is 1. The molecule has 98 valence electrons. The van der Waals surface area contributed by atoms with E-state index in [4.69, 9.17) is 9.26 Å². The average Bonchev–Trinajstić information content (AvgIpc) is 3.09. The number of rotatable bonds is 2. The number of morpholine rings is 1. The van der Waals surface area contributed by atoms with Crippen LogP contribution < -0.4 is 0 Å². The molecule has 2 aliphatic rings. The van der Waals surface area contributed by atoms with Gasteiger partial charge in [0.05, 0.1) is 18.8 Å². The van der Waals surface area contributed by atoms with Gasteiger partial charge in [0.15, 0.2) is 5.69 Å². The highest BCUT2D eigenvalue weighted by atomic mass is 16.5. The minimum atomic E-state index is -0.0479. The molecule has 1 aromatic rings. The third-order valence-corrected chi connectivity index (χ3v) is 3.60. The summed E-state index contributed by atoms with van der Waals surface area (Å²) in [7, 11) is 0. The summed E-state index contributed by atoms with van der Waals surface area (Å²) < 4.78 is 10.8. The van der Waals surface area contributed by atoms with E-state index >= 15 is 0 Å². The highest BCUT2D eigenvalue weighted by Gasteiger charge is 2.32. The summed E-state index contributed by atoms with van der Waals surface area (Å²) in [5.41, 5.74) is 0.429. The molecule has 1 saturated heterocycles. The number of hydrogen-bond donors (Lipinski definition) is 0. The van der Waals surface area contributed by atoms with Gasteiger partial charge in [-0.05, 0) is 26.7 Å². The van der Waals surface area contributed by atoms with Gasteiger partial charge in [0.25, 0.3) is 5.91 Å². The van der Waals surface area contributed by atoms with Gasteiger partial charge in [-0.1, -0.05) is 5.16 Å². The molecule has 1 saturated carbocycles. The summed E-state index contributed by atoms with van der Waals surface area (Å²) in [6.45, 7) is 5.17. The van der Waals surface area contributed by atoms with Gasteiger partial charge in [-0.25, -0.2) is 0 Å². The number of carbonyl (C=O) groups is 1. The third kappa shape index (κ3) is 2.14. The first-order valence-corrected chi connectivity index (χ1v) is 6.54. The lowest BCUT2D eigenvalue weighted by atomic mass is 10.2. The number of amides is 1. The summed E-state index contributed by atoms with van der Waals surface area (Å²) in [6, 6.07) is 1.89. The average molecular weight is 250 g/mol. The van der Waals surface area contributed by atoms with Crippen molar-refractivity contribution in [2.45, 2.75) is 44.8 Å². The van der Waals surface area contributed by atoms with Crippen molar-refractivity contribution >= 4 is 5.91 Å². The van der Waals surface area contributed by atoms with Crippen LogP contribution in [0.2, 0.25) is 0 Å². The van der Waals surface area contributed by atoms with Crippen LogP contribution in [0.25, 0.3) is 0 Å². The SMILES string of the molecule is CC1CN(C(=O)c2cc(C3CC3)on2)C(C)CO1. The Kier molecular flexibility index (Phi) is 2.86. The van der Waals surface area contributed by atoms with E-state index in [0.717, 1.165) is 18.6 Å². The second kappa shape index (κ2) is 4.39. The lowest BCUT2D eigenvalue weighted by molar-refractivity contribution is -0.0390. The van der Waals surface area contributed by atoms with Crippen molar-refractivity contribution in [1.29, 1.82) is 0 Å². The second-order valence-electron chi connectivity index (χ2n) is 5.34. The smallest absolute Gasteiger partial charge is 0.276 e. The van der Waals surface area contributed by atoms with E-state index in [0.29, 0.717) is 24.8 Å². The zero-order valence-corrected chi connectivity index (χ0v) is 10.8. The van der Waals surface area contributed by atoms with E-state index in [1.165, 1.54) is 0 Å². The molecule has 0 aromatic carbocycles. The molecule has 18 heavy (non-hydrogen) atoms. The summed E-state index contributed by atoms with van der Waals surface area (Å²) in [5.74, 6) is 1.29. The van der Waals surface area contributed by atoms with E-state index in [1.807, 2.05) is 18.7 Å².